The smallest absolute Gasteiger partial charge is 0.0659 e. The van der Waals surface area contributed by atoms with E-state index >= 15 is 0 Å². The second-order valence-corrected chi connectivity index (χ2v) is 6.32. The molecule has 2 unspecified atom stereocenters. The van der Waals surface area contributed by atoms with Crippen LogP contribution in [0.3, 0.4) is 0 Å². The summed E-state index contributed by atoms with van der Waals surface area (Å²) in [6.45, 7) is 11.4. The zero-order valence-corrected chi connectivity index (χ0v) is 12.7. The van der Waals surface area contributed by atoms with E-state index in [0.717, 1.165) is 19.3 Å². The highest BCUT2D eigenvalue weighted by Crippen LogP contribution is 2.26. The average Bonchev–Trinajstić information content (AvgIpc) is 2.96. The van der Waals surface area contributed by atoms with Gasteiger partial charge in [-0.2, -0.15) is 0 Å². The Kier molecular flexibility index (Phi) is 5.63. The van der Waals surface area contributed by atoms with E-state index in [4.69, 9.17) is 10.5 Å². The molecule has 2 aliphatic heterocycles. The first-order valence-electron chi connectivity index (χ1n) is 7.96. The minimum atomic E-state index is 0.0144. The number of piperidine rings is 1. The van der Waals surface area contributed by atoms with E-state index in [9.17, 15) is 0 Å². The molecule has 4 nitrogen and oxygen atoms in total. The number of likely N-dealkylation sites (tertiary alicyclic amines) is 2. The molecule has 19 heavy (non-hydrogen) atoms. The molecule has 0 aromatic carbocycles. The fourth-order valence-electron chi connectivity index (χ4n) is 3.41. The van der Waals surface area contributed by atoms with Crippen LogP contribution in [0.4, 0.5) is 0 Å². The van der Waals surface area contributed by atoms with Crippen LogP contribution >= 0.6 is 0 Å². The van der Waals surface area contributed by atoms with Gasteiger partial charge in [-0.15, -0.1) is 0 Å². The van der Waals surface area contributed by atoms with Crippen LogP contribution in [-0.2, 0) is 4.74 Å². The Morgan fingerprint density at radius 3 is 2.58 bits per heavy atom. The van der Waals surface area contributed by atoms with Crippen molar-refractivity contribution in [2.24, 2.45) is 5.73 Å². The first-order valence-corrected chi connectivity index (χ1v) is 7.96. The predicted octanol–water partition coefficient (Wildman–Crippen LogP) is 1.30. The Bertz CT molecular complexity index is 268. The predicted molar refractivity (Wildman–Crippen MR) is 79.4 cm³/mol. The Labute approximate surface area is 118 Å². The van der Waals surface area contributed by atoms with Gasteiger partial charge in [0.05, 0.1) is 12.1 Å². The summed E-state index contributed by atoms with van der Waals surface area (Å²) in [6, 6.07) is 0.743. The summed E-state index contributed by atoms with van der Waals surface area (Å²) in [5.74, 6) is 0. The number of hydrogen-bond donors (Lipinski definition) is 1. The van der Waals surface area contributed by atoms with Crippen LogP contribution in [0.15, 0.2) is 0 Å². The van der Waals surface area contributed by atoms with E-state index in [-0.39, 0.29) is 5.54 Å². The molecule has 2 aliphatic rings. The van der Waals surface area contributed by atoms with E-state index in [0.29, 0.717) is 6.54 Å². The van der Waals surface area contributed by atoms with Crippen molar-refractivity contribution in [3.05, 3.63) is 0 Å². The molecule has 0 saturated carbocycles. The number of nitrogens with zero attached hydrogens (tertiary/aromatic N) is 2. The van der Waals surface area contributed by atoms with Crippen molar-refractivity contribution in [3.8, 4) is 0 Å². The highest BCUT2D eigenvalue weighted by molar-refractivity contribution is 4.95. The van der Waals surface area contributed by atoms with E-state index in [2.05, 4.69) is 23.6 Å². The van der Waals surface area contributed by atoms with Gasteiger partial charge < -0.3 is 10.5 Å². The van der Waals surface area contributed by atoms with Gasteiger partial charge in [-0.25, -0.2) is 0 Å². The molecule has 0 spiro atoms. The first kappa shape index (κ1) is 15.2. The van der Waals surface area contributed by atoms with E-state index in [1.165, 1.54) is 51.9 Å². The molecule has 0 aliphatic carbocycles. The highest BCUT2D eigenvalue weighted by Gasteiger charge is 2.38. The van der Waals surface area contributed by atoms with Crippen molar-refractivity contribution in [2.45, 2.75) is 51.1 Å². The second kappa shape index (κ2) is 7.02. The minimum absolute atomic E-state index is 0.0144. The molecule has 2 N–H and O–H groups in total. The number of nitrogens with two attached hydrogens (primary N) is 1. The van der Waals surface area contributed by atoms with Gasteiger partial charge in [-0.3, -0.25) is 9.80 Å². The maximum atomic E-state index is 6.02. The third-order valence-corrected chi connectivity index (χ3v) is 4.89. The molecule has 0 amide bonds. The summed E-state index contributed by atoms with van der Waals surface area (Å²) >= 11 is 0. The fraction of sp³-hybridized carbons (Fsp3) is 1.00. The first-order chi connectivity index (χ1) is 9.19. The lowest BCUT2D eigenvalue weighted by Gasteiger charge is -2.39. The summed E-state index contributed by atoms with van der Waals surface area (Å²) in [7, 11) is 0. The summed E-state index contributed by atoms with van der Waals surface area (Å²) in [5.41, 5.74) is 6.03. The lowest BCUT2D eigenvalue weighted by Crippen LogP contribution is -2.55. The van der Waals surface area contributed by atoms with Crippen LogP contribution < -0.4 is 5.73 Å². The van der Waals surface area contributed by atoms with Crippen LogP contribution in [-0.4, -0.2) is 67.3 Å². The van der Waals surface area contributed by atoms with Crippen LogP contribution in [0.2, 0.25) is 0 Å². The third-order valence-electron chi connectivity index (χ3n) is 4.89. The number of hydrogen-bond acceptors (Lipinski definition) is 4. The quantitative estimate of drug-likeness (QED) is 0.789. The molecule has 2 rings (SSSR count). The van der Waals surface area contributed by atoms with Gasteiger partial charge in [-0.05, 0) is 46.2 Å². The van der Waals surface area contributed by atoms with Crippen molar-refractivity contribution in [1.29, 1.82) is 0 Å². The molecule has 0 bridgehead atoms. The Morgan fingerprint density at radius 2 is 1.95 bits per heavy atom. The van der Waals surface area contributed by atoms with Crippen LogP contribution in [0.5, 0.6) is 0 Å². The standard InChI is InChI=1S/C15H31N3O/c1-3-19-13-15(2,12-16)18-10-7-14(11-18)17-8-5-4-6-9-17/h14H,3-13,16H2,1-2H3. The average molecular weight is 269 g/mol. The van der Waals surface area contributed by atoms with Gasteiger partial charge in [0.1, 0.15) is 0 Å². The van der Waals surface area contributed by atoms with Crippen molar-refractivity contribution >= 4 is 0 Å². The molecule has 4 heteroatoms. The van der Waals surface area contributed by atoms with Crippen LogP contribution in [0.25, 0.3) is 0 Å². The molecule has 2 heterocycles. The lowest BCUT2D eigenvalue weighted by atomic mass is 10.0. The SMILES string of the molecule is CCOCC(C)(CN)N1CCC(N2CCCCC2)C1. The largest absolute Gasteiger partial charge is 0.380 e. The normalized spacial score (nSPS) is 29.5. The fourth-order valence-corrected chi connectivity index (χ4v) is 3.41. The zero-order chi connectivity index (χ0) is 13.7. The molecular weight excluding hydrogens is 238 g/mol. The number of ether oxygens (including phenoxy) is 1. The Hall–Kier alpha value is -0.160. The van der Waals surface area contributed by atoms with Gasteiger partial charge in [0, 0.05) is 32.3 Å². The minimum Gasteiger partial charge on any atom is -0.380 e. The molecular formula is C15H31N3O. The lowest BCUT2D eigenvalue weighted by molar-refractivity contribution is 0.0180. The summed E-state index contributed by atoms with van der Waals surface area (Å²) in [5, 5.41) is 0. The molecule has 0 aromatic heterocycles. The summed E-state index contributed by atoms with van der Waals surface area (Å²) < 4.78 is 5.65. The molecule has 112 valence electrons. The maximum Gasteiger partial charge on any atom is 0.0659 e. The van der Waals surface area contributed by atoms with Crippen molar-refractivity contribution < 1.29 is 4.74 Å². The Balaban J connectivity index is 1.88. The topological polar surface area (TPSA) is 41.7 Å². The van der Waals surface area contributed by atoms with Gasteiger partial charge in [0.25, 0.3) is 0 Å². The summed E-state index contributed by atoms with van der Waals surface area (Å²) in [6.07, 6.45) is 5.46. The third kappa shape index (κ3) is 3.69. The van der Waals surface area contributed by atoms with E-state index < -0.39 is 0 Å². The van der Waals surface area contributed by atoms with Crippen LogP contribution in [0.1, 0.15) is 39.5 Å². The zero-order valence-electron chi connectivity index (χ0n) is 12.7. The molecule has 0 radical (unpaired) electrons. The van der Waals surface area contributed by atoms with Crippen molar-refractivity contribution in [2.75, 3.05) is 45.9 Å². The van der Waals surface area contributed by atoms with Crippen molar-refractivity contribution in [3.63, 3.8) is 0 Å². The van der Waals surface area contributed by atoms with E-state index in [1.807, 2.05) is 0 Å². The molecule has 2 atom stereocenters. The molecule has 2 saturated heterocycles. The maximum absolute atomic E-state index is 6.02. The van der Waals surface area contributed by atoms with Gasteiger partial charge >= 0.3 is 0 Å². The van der Waals surface area contributed by atoms with E-state index in [1.54, 1.807) is 0 Å². The second-order valence-electron chi connectivity index (χ2n) is 6.32. The monoisotopic (exact) mass is 269 g/mol. The van der Waals surface area contributed by atoms with Gasteiger partial charge in [0.15, 0.2) is 0 Å². The summed E-state index contributed by atoms with van der Waals surface area (Å²) in [4.78, 5) is 5.25. The highest BCUT2D eigenvalue weighted by atomic mass is 16.5. The molecule has 2 fully saturated rings. The number of rotatable bonds is 6. The van der Waals surface area contributed by atoms with Crippen LogP contribution in [0, 0.1) is 0 Å². The van der Waals surface area contributed by atoms with Crippen molar-refractivity contribution in [1.82, 2.24) is 9.80 Å². The Morgan fingerprint density at radius 1 is 1.21 bits per heavy atom. The molecule has 0 aromatic rings. The van der Waals surface area contributed by atoms with Gasteiger partial charge in [-0.1, -0.05) is 6.42 Å². The van der Waals surface area contributed by atoms with Gasteiger partial charge in [0.2, 0.25) is 0 Å².